The number of nitrogens with one attached hydrogen (secondary N) is 1. The number of halogens is 2. The van der Waals surface area contributed by atoms with E-state index in [1.54, 1.807) is 18.2 Å². The highest BCUT2D eigenvalue weighted by molar-refractivity contribution is 7.89. The predicted molar refractivity (Wildman–Crippen MR) is 76.6 cm³/mol. The Morgan fingerprint density at radius 1 is 1.20 bits per heavy atom. The van der Waals surface area contributed by atoms with Gasteiger partial charge in [0.05, 0.1) is 15.6 Å². The zero-order chi connectivity index (χ0) is 14.8. The minimum Gasteiger partial charge on any atom is -0.380 e. The maximum absolute atomic E-state index is 13.5. The largest absolute Gasteiger partial charge is 0.380 e. The van der Waals surface area contributed by atoms with Crippen LogP contribution in [0.1, 0.15) is 5.56 Å². The van der Waals surface area contributed by atoms with Crippen LogP contribution in [-0.2, 0) is 16.6 Å². The van der Waals surface area contributed by atoms with Gasteiger partial charge in [-0.2, -0.15) is 0 Å². The molecule has 4 nitrogen and oxygen atoms in total. The van der Waals surface area contributed by atoms with E-state index in [4.69, 9.17) is 16.7 Å². The highest BCUT2D eigenvalue weighted by Crippen LogP contribution is 2.25. The monoisotopic (exact) mass is 314 g/mol. The van der Waals surface area contributed by atoms with Crippen molar-refractivity contribution in [3.63, 3.8) is 0 Å². The highest BCUT2D eigenvalue weighted by Gasteiger charge is 2.11. The Hall–Kier alpha value is -1.63. The molecule has 7 heteroatoms. The molecule has 0 radical (unpaired) electrons. The molecule has 0 amide bonds. The van der Waals surface area contributed by atoms with Crippen molar-refractivity contribution >= 4 is 27.3 Å². The number of sulfonamides is 1. The molecule has 0 aliphatic heterocycles. The molecule has 0 fully saturated rings. The number of anilines is 1. The summed E-state index contributed by atoms with van der Waals surface area (Å²) in [7, 11) is -3.81. The molecule has 0 saturated heterocycles. The quantitative estimate of drug-likeness (QED) is 0.911. The second kappa shape index (κ2) is 5.78. The molecule has 106 valence electrons. The lowest BCUT2D eigenvalue weighted by Gasteiger charge is -2.10. The van der Waals surface area contributed by atoms with Crippen molar-refractivity contribution in [1.29, 1.82) is 0 Å². The van der Waals surface area contributed by atoms with E-state index in [9.17, 15) is 12.8 Å². The lowest BCUT2D eigenvalue weighted by Crippen LogP contribution is -2.12. The molecule has 0 saturated carbocycles. The van der Waals surface area contributed by atoms with E-state index in [0.29, 0.717) is 16.3 Å². The molecular formula is C13H12ClFN2O2S. The van der Waals surface area contributed by atoms with Crippen molar-refractivity contribution in [1.82, 2.24) is 0 Å². The summed E-state index contributed by atoms with van der Waals surface area (Å²) in [6.07, 6.45) is 0. The van der Waals surface area contributed by atoms with E-state index >= 15 is 0 Å². The topological polar surface area (TPSA) is 72.2 Å². The zero-order valence-corrected chi connectivity index (χ0v) is 11.9. The fraction of sp³-hybridized carbons (Fsp3) is 0.0769. The molecule has 0 heterocycles. The number of nitrogens with two attached hydrogens (primary N) is 1. The summed E-state index contributed by atoms with van der Waals surface area (Å²) in [5, 5.41) is 8.27. The van der Waals surface area contributed by atoms with E-state index in [0.717, 1.165) is 0 Å². The first kappa shape index (κ1) is 14.8. The lowest BCUT2D eigenvalue weighted by atomic mass is 10.2. The summed E-state index contributed by atoms with van der Waals surface area (Å²) in [6, 6.07) is 10.3. The van der Waals surface area contributed by atoms with Crippen molar-refractivity contribution in [2.24, 2.45) is 5.14 Å². The second-order valence-electron chi connectivity index (χ2n) is 4.13. The van der Waals surface area contributed by atoms with E-state index in [1.165, 1.54) is 24.3 Å². The van der Waals surface area contributed by atoms with E-state index in [2.05, 4.69) is 5.32 Å². The highest BCUT2D eigenvalue weighted by atomic mass is 35.5. The number of primary sulfonamides is 1. The van der Waals surface area contributed by atoms with E-state index in [1.807, 2.05) is 0 Å². The van der Waals surface area contributed by atoms with Crippen molar-refractivity contribution in [3.8, 4) is 0 Å². The van der Waals surface area contributed by atoms with Crippen LogP contribution >= 0.6 is 11.6 Å². The third-order valence-electron chi connectivity index (χ3n) is 2.69. The summed E-state index contributed by atoms with van der Waals surface area (Å²) in [5.41, 5.74) is 0.825. The molecule has 0 bridgehead atoms. The van der Waals surface area contributed by atoms with Crippen LogP contribution in [0.25, 0.3) is 0 Å². The first-order valence-corrected chi connectivity index (χ1v) is 7.60. The van der Waals surface area contributed by atoms with Crippen LogP contribution in [0.15, 0.2) is 47.4 Å². The van der Waals surface area contributed by atoms with Gasteiger partial charge in [-0.1, -0.05) is 29.8 Å². The van der Waals surface area contributed by atoms with Gasteiger partial charge in [0.1, 0.15) is 5.82 Å². The van der Waals surface area contributed by atoms with Gasteiger partial charge in [-0.3, -0.25) is 0 Å². The van der Waals surface area contributed by atoms with Gasteiger partial charge in [-0.05, 0) is 24.3 Å². The average Bonchev–Trinajstić information content (AvgIpc) is 2.38. The number of rotatable bonds is 4. The van der Waals surface area contributed by atoms with Gasteiger partial charge < -0.3 is 5.32 Å². The first-order valence-electron chi connectivity index (χ1n) is 5.67. The third-order valence-corrected chi connectivity index (χ3v) is 3.93. The molecule has 2 aromatic rings. The van der Waals surface area contributed by atoms with Crippen molar-refractivity contribution in [2.45, 2.75) is 11.4 Å². The molecule has 0 atom stereocenters. The fourth-order valence-corrected chi connectivity index (χ4v) is 2.37. The molecular weight excluding hydrogens is 303 g/mol. The van der Waals surface area contributed by atoms with Gasteiger partial charge in [0.15, 0.2) is 0 Å². The average molecular weight is 315 g/mol. The van der Waals surface area contributed by atoms with Crippen LogP contribution in [0.3, 0.4) is 0 Å². The van der Waals surface area contributed by atoms with Gasteiger partial charge in [0.2, 0.25) is 10.0 Å². The Morgan fingerprint density at radius 3 is 2.55 bits per heavy atom. The van der Waals surface area contributed by atoms with E-state index < -0.39 is 10.0 Å². The number of hydrogen-bond donors (Lipinski definition) is 2. The molecule has 0 spiro atoms. The molecule has 20 heavy (non-hydrogen) atoms. The summed E-state index contributed by atoms with van der Waals surface area (Å²) in [4.78, 5) is -0.0575. The van der Waals surface area contributed by atoms with Gasteiger partial charge in [0.25, 0.3) is 0 Å². The van der Waals surface area contributed by atoms with Crippen LogP contribution in [0.5, 0.6) is 0 Å². The Kier molecular flexibility index (Phi) is 4.27. The molecule has 0 aliphatic carbocycles. The minimum atomic E-state index is -3.81. The normalized spacial score (nSPS) is 11.3. The Bertz CT molecular complexity index is 735. The SMILES string of the molecule is NS(=O)(=O)c1ccc(Cl)c(NCc2ccccc2F)c1. The lowest BCUT2D eigenvalue weighted by molar-refractivity contribution is 0.597. The second-order valence-corrected chi connectivity index (χ2v) is 6.10. The van der Waals surface area contributed by atoms with Crippen molar-refractivity contribution in [3.05, 3.63) is 58.9 Å². The number of hydrogen-bond acceptors (Lipinski definition) is 3. The summed E-state index contributed by atoms with van der Waals surface area (Å²) >= 11 is 5.96. The van der Waals surface area contributed by atoms with Crippen molar-refractivity contribution < 1.29 is 12.8 Å². The zero-order valence-electron chi connectivity index (χ0n) is 10.3. The van der Waals surface area contributed by atoms with Gasteiger partial charge >= 0.3 is 0 Å². The molecule has 3 N–H and O–H groups in total. The van der Waals surface area contributed by atoms with Gasteiger partial charge in [0, 0.05) is 12.1 Å². The molecule has 2 rings (SSSR count). The maximum Gasteiger partial charge on any atom is 0.238 e. The molecule has 2 aromatic carbocycles. The fourth-order valence-electron chi connectivity index (χ4n) is 1.65. The number of benzene rings is 2. The van der Waals surface area contributed by atoms with Gasteiger partial charge in [-0.25, -0.2) is 17.9 Å². The van der Waals surface area contributed by atoms with Crippen molar-refractivity contribution in [2.75, 3.05) is 5.32 Å². The Morgan fingerprint density at radius 2 is 1.90 bits per heavy atom. The molecule has 0 aliphatic rings. The summed E-state index contributed by atoms with van der Waals surface area (Å²) in [6.45, 7) is 0.181. The van der Waals surface area contributed by atoms with Crippen LogP contribution in [0.2, 0.25) is 5.02 Å². The Labute approximate surface area is 121 Å². The Balaban J connectivity index is 2.24. The van der Waals surface area contributed by atoms with Crippen LogP contribution in [-0.4, -0.2) is 8.42 Å². The third kappa shape index (κ3) is 3.47. The smallest absolute Gasteiger partial charge is 0.238 e. The predicted octanol–water partition coefficient (Wildman–Crippen LogP) is 2.74. The maximum atomic E-state index is 13.5. The van der Waals surface area contributed by atoms with Crippen LogP contribution < -0.4 is 10.5 Å². The standard InChI is InChI=1S/C13H12ClFN2O2S/c14-11-6-5-10(20(16,18)19)7-13(11)17-8-9-3-1-2-4-12(9)15/h1-7,17H,8H2,(H2,16,18,19). The van der Waals surface area contributed by atoms with E-state index in [-0.39, 0.29) is 17.3 Å². The van der Waals surface area contributed by atoms with Gasteiger partial charge in [-0.15, -0.1) is 0 Å². The summed E-state index contributed by atoms with van der Waals surface area (Å²) in [5.74, 6) is -0.348. The first-order chi connectivity index (χ1) is 9.38. The molecule has 0 unspecified atom stereocenters. The van der Waals surface area contributed by atoms with Crippen LogP contribution in [0.4, 0.5) is 10.1 Å². The summed E-state index contributed by atoms with van der Waals surface area (Å²) < 4.78 is 36.0. The molecule has 0 aromatic heterocycles. The minimum absolute atomic E-state index is 0.0575. The van der Waals surface area contributed by atoms with Crippen LogP contribution in [0, 0.1) is 5.82 Å².